The molecule has 232 valence electrons. The number of aryl methyl sites for hydroxylation is 1. The molecule has 9 heteroatoms. The molecule has 0 aliphatic rings. The smallest absolute Gasteiger partial charge is 0.161 e. The van der Waals surface area contributed by atoms with Gasteiger partial charge < -0.3 is 41.0 Å². The molecule has 3 rings (SSSR count). The van der Waals surface area contributed by atoms with Gasteiger partial charge in [-0.15, -0.1) is 0 Å². The van der Waals surface area contributed by atoms with Crippen molar-refractivity contribution < 1.29 is 30.3 Å². The van der Waals surface area contributed by atoms with Crippen molar-refractivity contribution in [3.05, 3.63) is 71.7 Å². The van der Waals surface area contributed by atoms with Crippen LogP contribution < -0.4 is 15.5 Å². The summed E-state index contributed by atoms with van der Waals surface area (Å²) < 4.78 is 6.15. The maximum absolute atomic E-state index is 10.7. The Balaban J connectivity index is 1.64. The molecule has 0 amide bonds. The van der Waals surface area contributed by atoms with Crippen molar-refractivity contribution in [2.45, 2.75) is 108 Å². The number of pyridine rings is 1. The van der Waals surface area contributed by atoms with Crippen LogP contribution in [0.2, 0.25) is 0 Å². The van der Waals surface area contributed by atoms with Crippen molar-refractivity contribution in [1.29, 1.82) is 0 Å². The first kappa shape index (κ1) is 33.4. The highest BCUT2D eigenvalue weighted by atomic mass is 16.5. The number of nitrogens with two attached hydrogens (primary N) is 1. The third-order valence-electron chi connectivity index (χ3n) is 7.73. The Morgan fingerprint density at radius 3 is 2.45 bits per heavy atom. The summed E-state index contributed by atoms with van der Waals surface area (Å²) in [5.41, 5.74) is 8.56. The van der Waals surface area contributed by atoms with Gasteiger partial charge in [0, 0.05) is 6.20 Å². The highest BCUT2D eigenvalue weighted by Gasteiger charge is 2.27. The summed E-state index contributed by atoms with van der Waals surface area (Å²) in [4.78, 5) is 8.47. The van der Waals surface area contributed by atoms with E-state index in [1.54, 1.807) is 30.6 Å². The van der Waals surface area contributed by atoms with Gasteiger partial charge in [-0.05, 0) is 79.8 Å². The number of nitrogen functional groups attached to an aromatic ring is 1. The monoisotopic (exact) mass is 582 g/mol. The number of hydrogen-bond donors (Lipinski definition) is 6. The predicted octanol–water partition coefficient (Wildman–Crippen LogP) is 4.25. The van der Waals surface area contributed by atoms with Crippen LogP contribution in [-0.4, -0.2) is 61.5 Å². The summed E-state index contributed by atoms with van der Waals surface area (Å²) in [5, 5.41) is 51.9. The molecule has 1 aromatic carbocycles. The minimum atomic E-state index is -1.20. The average Bonchev–Trinajstić information content (AvgIpc) is 3.49. The fraction of sp³-hybridized carbons (Fsp3) is 0.545. The fourth-order valence-electron chi connectivity index (χ4n) is 5.29. The van der Waals surface area contributed by atoms with Gasteiger partial charge in [0.05, 0.1) is 18.8 Å². The number of aromatic hydroxyl groups is 1. The van der Waals surface area contributed by atoms with E-state index in [0.717, 1.165) is 29.7 Å². The highest BCUT2D eigenvalue weighted by molar-refractivity contribution is 5.42. The Morgan fingerprint density at radius 2 is 1.74 bits per heavy atom. The van der Waals surface area contributed by atoms with Gasteiger partial charge in [0.2, 0.25) is 0 Å². The molecule has 0 aliphatic carbocycles. The summed E-state index contributed by atoms with van der Waals surface area (Å²) in [6, 6.07) is 12.4. The van der Waals surface area contributed by atoms with Gasteiger partial charge in [-0.1, -0.05) is 57.2 Å². The third kappa shape index (κ3) is 11.3. The summed E-state index contributed by atoms with van der Waals surface area (Å²) in [6.45, 7) is 1.66. The minimum Gasteiger partial charge on any atom is -0.668 e. The highest BCUT2D eigenvalue weighted by Crippen LogP contribution is 2.33. The molecule has 0 radical (unpaired) electrons. The second-order valence-electron chi connectivity index (χ2n) is 11.3. The van der Waals surface area contributed by atoms with Crippen molar-refractivity contribution in [2.75, 3.05) is 12.3 Å². The van der Waals surface area contributed by atoms with E-state index in [0.29, 0.717) is 44.3 Å². The molecule has 7 N–H and O–H groups in total. The topological polar surface area (TPSA) is 163 Å². The van der Waals surface area contributed by atoms with Gasteiger partial charge >= 0.3 is 0 Å². The van der Waals surface area contributed by atoms with Crippen LogP contribution in [0.1, 0.15) is 87.4 Å². The minimum absolute atomic E-state index is 0.0876. The van der Waals surface area contributed by atoms with Crippen LogP contribution in [0.3, 0.4) is 0 Å². The molecule has 5 unspecified atom stereocenters. The van der Waals surface area contributed by atoms with Crippen LogP contribution >= 0.6 is 0 Å². The van der Waals surface area contributed by atoms with Gasteiger partial charge in [0.15, 0.2) is 11.5 Å². The molecule has 0 saturated heterocycles. The molecule has 9 nitrogen and oxygen atoms in total. The zero-order valence-corrected chi connectivity index (χ0v) is 24.7. The molecule has 2 aromatic heterocycles. The summed E-state index contributed by atoms with van der Waals surface area (Å²) in [7, 11) is 0. The zero-order valence-electron chi connectivity index (χ0n) is 24.7. The number of aliphatic hydroxyl groups excluding tert-OH is 4. The number of aromatic nitrogens is 2. The van der Waals surface area contributed by atoms with Crippen molar-refractivity contribution in [2.24, 2.45) is 0 Å². The lowest BCUT2D eigenvalue weighted by Crippen LogP contribution is -2.36. The van der Waals surface area contributed by atoms with Crippen LogP contribution in [-0.2, 0) is 12.8 Å². The lowest BCUT2D eigenvalue weighted by molar-refractivity contribution is -0.00840. The van der Waals surface area contributed by atoms with Crippen molar-refractivity contribution in [3.63, 3.8) is 0 Å². The van der Waals surface area contributed by atoms with Gasteiger partial charge in [-0.3, -0.25) is 0 Å². The van der Waals surface area contributed by atoms with E-state index in [2.05, 4.69) is 16.9 Å². The zero-order chi connectivity index (χ0) is 30.3. The molecule has 0 saturated carbocycles. The first-order valence-corrected chi connectivity index (χ1v) is 15.2. The van der Waals surface area contributed by atoms with Crippen LogP contribution in [0.15, 0.2) is 54.9 Å². The standard InChI is InChI=1S/C33H48N3O6/c1-2-3-4-5-6-9-27(38)21-28(39)12-10-23-11-13-29(40)31(17-23)42-32(30(41)22-37)19-25(18-26-8-7-15-35-26)24-14-16-36-33(34)20-24/h7-8,11,13-17,20,25,27-28,30,32,37-41H,2-6,9-10,12,18-19,21-22H2,1H3,(H2,34,36)/q-1. The second kappa shape index (κ2) is 17.8. The largest absolute Gasteiger partial charge is 0.668 e. The second-order valence-corrected chi connectivity index (χ2v) is 11.3. The number of phenols is 1. The lowest BCUT2D eigenvalue weighted by Gasteiger charge is -2.29. The first-order valence-electron chi connectivity index (χ1n) is 15.2. The number of unbranched alkanes of at least 4 members (excludes halogenated alkanes) is 4. The molecule has 0 bridgehead atoms. The molecule has 2 heterocycles. The number of benzene rings is 1. The first-order chi connectivity index (χ1) is 20.3. The van der Waals surface area contributed by atoms with E-state index >= 15 is 0 Å². The number of ether oxygens (including phenoxy) is 1. The van der Waals surface area contributed by atoms with Crippen LogP contribution in [0.25, 0.3) is 0 Å². The molecular weight excluding hydrogens is 534 g/mol. The summed E-state index contributed by atoms with van der Waals surface area (Å²) >= 11 is 0. The maximum Gasteiger partial charge on any atom is 0.161 e. The molecule has 0 spiro atoms. The Bertz CT molecular complexity index is 1160. The van der Waals surface area contributed by atoms with E-state index in [1.807, 2.05) is 18.2 Å². The van der Waals surface area contributed by atoms with Gasteiger partial charge in [-0.2, -0.15) is 11.9 Å². The third-order valence-corrected chi connectivity index (χ3v) is 7.73. The van der Waals surface area contributed by atoms with Gasteiger partial charge in [-0.25, -0.2) is 4.98 Å². The lowest BCUT2D eigenvalue weighted by atomic mass is 9.88. The molecule has 0 aliphatic heterocycles. The van der Waals surface area contributed by atoms with Crippen LogP contribution in [0, 0.1) is 0 Å². The van der Waals surface area contributed by atoms with E-state index in [4.69, 9.17) is 10.5 Å². The number of phenolic OH excluding ortho intramolecular Hbond substituents is 1. The Labute approximate surface area is 249 Å². The summed E-state index contributed by atoms with van der Waals surface area (Å²) in [6.07, 6.45) is 8.67. The maximum atomic E-state index is 10.7. The molecule has 5 atom stereocenters. The van der Waals surface area contributed by atoms with Gasteiger partial charge in [0.25, 0.3) is 0 Å². The van der Waals surface area contributed by atoms with E-state index in [-0.39, 0.29) is 17.4 Å². The fourth-order valence-corrected chi connectivity index (χ4v) is 5.29. The number of anilines is 1. The number of hydrogen-bond acceptors (Lipinski definition) is 8. The number of aliphatic hydroxyl groups is 4. The van der Waals surface area contributed by atoms with E-state index in [1.165, 1.54) is 25.3 Å². The number of rotatable bonds is 20. The van der Waals surface area contributed by atoms with Gasteiger partial charge in [0.1, 0.15) is 18.0 Å². The SMILES string of the molecule is CCCCCCCC(O)CC(O)CCc1ccc(O)c(OC(CC(Cc2ccc[n-]2)c2ccnc(N)c2)C(O)CO)c1. The van der Waals surface area contributed by atoms with Crippen molar-refractivity contribution >= 4 is 5.82 Å². The van der Waals surface area contributed by atoms with Crippen molar-refractivity contribution in [1.82, 2.24) is 9.97 Å². The van der Waals surface area contributed by atoms with Crippen LogP contribution in [0.5, 0.6) is 11.5 Å². The quantitative estimate of drug-likeness (QED) is 0.107. The van der Waals surface area contributed by atoms with Crippen LogP contribution in [0.4, 0.5) is 5.82 Å². The number of nitrogens with zero attached hydrogens (tertiary/aromatic N) is 2. The molecule has 3 aromatic rings. The predicted molar refractivity (Wildman–Crippen MR) is 163 cm³/mol. The Kier molecular flexibility index (Phi) is 14.1. The molecule has 42 heavy (non-hydrogen) atoms. The Hall–Kier alpha value is -3.11. The average molecular weight is 583 g/mol. The normalized spacial score (nSPS) is 15.2. The van der Waals surface area contributed by atoms with E-state index < -0.39 is 31.0 Å². The molecular formula is C33H48N3O6-. The Morgan fingerprint density at radius 1 is 0.952 bits per heavy atom. The van der Waals surface area contributed by atoms with E-state index in [9.17, 15) is 25.5 Å². The summed E-state index contributed by atoms with van der Waals surface area (Å²) in [5.74, 6) is 0.316. The van der Waals surface area contributed by atoms with Crippen molar-refractivity contribution in [3.8, 4) is 11.5 Å². The molecule has 0 fully saturated rings.